The van der Waals surface area contributed by atoms with Crippen molar-refractivity contribution in [3.8, 4) is 0 Å². The zero-order chi connectivity index (χ0) is 22.2. The Labute approximate surface area is 186 Å². The molecule has 1 heterocycles. The third-order valence-corrected chi connectivity index (χ3v) is 7.61. The Morgan fingerprint density at radius 2 is 1.22 bits per heavy atom. The molecule has 0 radical (unpaired) electrons. The number of benzene rings is 4. The topological polar surface area (TPSA) is 22.0 Å². The zero-order valence-corrected chi connectivity index (χ0v) is 17.8. The Kier molecular flexibility index (Phi) is 5.11. The smallest absolute Gasteiger partial charge is 0.197 e. The Balaban J connectivity index is 1.79. The molecule has 0 fully saturated rings. The minimum absolute atomic E-state index is 0.0580. The van der Waals surface area contributed by atoms with Gasteiger partial charge < -0.3 is 4.57 Å². The number of halogens is 2. The van der Waals surface area contributed by atoms with Crippen LogP contribution in [0.3, 0.4) is 0 Å². The van der Waals surface area contributed by atoms with Gasteiger partial charge in [-0.3, -0.25) is 4.79 Å². The van der Waals surface area contributed by atoms with E-state index in [9.17, 15) is 13.6 Å². The number of rotatable bonds is 4. The van der Waals surface area contributed by atoms with E-state index in [1.807, 2.05) is 47.0 Å². The van der Waals surface area contributed by atoms with Crippen molar-refractivity contribution >= 4 is 38.9 Å². The minimum Gasteiger partial charge on any atom is -0.316 e. The van der Waals surface area contributed by atoms with E-state index in [0.717, 1.165) is 25.7 Å². The maximum Gasteiger partial charge on any atom is 0.197 e. The van der Waals surface area contributed by atoms with Gasteiger partial charge >= 0.3 is 0 Å². The van der Waals surface area contributed by atoms with Crippen molar-refractivity contribution in [1.29, 1.82) is 0 Å². The molecule has 2 nitrogen and oxygen atoms in total. The summed E-state index contributed by atoms with van der Waals surface area (Å²) in [7, 11) is -0.645. The van der Waals surface area contributed by atoms with Gasteiger partial charge in [0.05, 0.1) is 27.3 Å². The number of nitrogens with zero attached hydrogens (tertiary/aromatic N) is 1. The molecule has 156 valence electrons. The summed E-state index contributed by atoms with van der Waals surface area (Å²) in [5, 5.41) is 1.18. The molecule has 0 aliphatic carbocycles. The lowest BCUT2D eigenvalue weighted by molar-refractivity contribution is 0.626. The predicted molar refractivity (Wildman–Crippen MR) is 127 cm³/mol. The Morgan fingerprint density at radius 3 is 1.81 bits per heavy atom. The first-order valence-corrected chi connectivity index (χ1v) is 11.2. The molecule has 5 aromatic rings. The van der Waals surface area contributed by atoms with Gasteiger partial charge in [-0.05, 0) is 72.8 Å². The van der Waals surface area contributed by atoms with Crippen LogP contribution in [0.15, 0.2) is 117 Å². The van der Waals surface area contributed by atoms with Crippen LogP contribution < -0.4 is 5.43 Å². The molecule has 0 saturated carbocycles. The van der Waals surface area contributed by atoms with E-state index in [-0.39, 0.29) is 17.1 Å². The van der Waals surface area contributed by atoms with Crippen molar-refractivity contribution in [1.82, 2.24) is 4.57 Å². The fourth-order valence-corrected chi connectivity index (χ4v) is 6.00. The van der Waals surface area contributed by atoms with Crippen LogP contribution in [0.25, 0.3) is 28.0 Å². The Bertz CT molecular complexity index is 1480. The fourth-order valence-electron chi connectivity index (χ4n) is 3.93. The summed E-state index contributed by atoms with van der Waals surface area (Å²) < 4.78 is 29.1. The molecule has 0 N–H and O–H groups in total. The molecule has 0 aliphatic rings. The third kappa shape index (κ3) is 3.41. The van der Waals surface area contributed by atoms with Crippen LogP contribution in [0.1, 0.15) is 0 Å². The second-order valence-corrected chi connectivity index (χ2v) is 9.32. The number of para-hydroxylation sites is 1. The van der Waals surface area contributed by atoms with Crippen LogP contribution >= 0.6 is 0 Å². The van der Waals surface area contributed by atoms with Gasteiger partial charge in [-0.25, -0.2) is 8.78 Å². The highest BCUT2D eigenvalue weighted by atomic mass is 32.2. The summed E-state index contributed by atoms with van der Waals surface area (Å²) in [6.45, 7) is 3.92. The lowest BCUT2D eigenvalue weighted by Crippen LogP contribution is -2.11. The Hall–Kier alpha value is -3.70. The van der Waals surface area contributed by atoms with Gasteiger partial charge in [-0.1, -0.05) is 18.7 Å². The second kappa shape index (κ2) is 8.09. The lowest BCUT2D eigenvalue weighted by atomic mass is 10.1. The van der Waals surface area contributed by atoms with E-state index in [4.69, 9.17) is 0 Å². The van der Waals surface area contributed by atoms with Crippen molar-refractivity contribution < 1.29 is 8.78 Å². The maximum atomic E-state index is 13.6. The highest BCUT2D eigenvalue weighted by Crippen LogP contribution is 2.33. The molecule has 0 aliphatic heterocycles. The van der Waals surface area contributed by atoms with Gasteiger partial charge in [0.1, 0.15) is 11.6 Å². The number of pyridine rings is 1. The van der Waals surface area contributed by atoms with Crippen LogP contribution in [0, 0.1) is 11.6 Å². The van der Waals surface area contributed by atoms with Crippen LogP contribution in [0.2, 0.25) is 0 Å². The summed E-state index contributed by atoms with van der Waals surface area (Å²) >= 11 is 0. The van der Waals surface area contributed by atoms with Crippen molar-refractivity contribution in [2.45, 2.75) is 14.7 Å². The number of fused-ring (bicyclic) bond motifs is 2. The summed E-state index contributed by atoms with van der Waals surface area (Å²) in [6.07, 6.45) is 1.70. The van der Waals surface area contributed by atoms with E-state index in [1.165, 1.54) is 24.3 Å². The molecule has 0 unspecified atom stereocenters. The van der Waals surface area contributed by atoms with E-state index >= 15 is 0 Å². The maximum absolute atomic E-state index is 13.6. The van der Waals surface area contributed by atoms with Crippen LogP contribution in [0.5, 0.6) is 0 Å². The SMILES string of the molecule is C=Cn1c2ccccc2c(=O)c2cc([S+](c3ccc(F)cc3)c3ccc(F)cc3)ccc21. The molecule has 0 bridgehead atoms. The first-order chi connectivity index (χ1) is 15.6. The van der Waals surface area contributed by atoms with E-state index in [0.29, 0.717) is 10.8 Å². The number of hydrogen-bond acceptors (Lipinski definition) is 1. The molecule has 4 aromatic carbocycles. The molecular weight excluding hydrogens is 424 g/mol. The second-order valence-electron chi connectivity index (χ2n) is 7.29. The minimum atomic E-state index is -0.645. The normalized spacial score (nSPS) is 11.3. The predicted octanol–water partition coefficient (Wildman–Crippen LogP) is 6.63. The van der Waals surface area contributed by atoms with Gasteiger partial charge in [-0.2, -0.15) is 0 Å². The molecule has 0 saturated heterocycles. The van der Waals surface area contributed by atoms with Gasteiger partial charge in [0.2, 0.25) is 0 Å². The molecular formula is C27H18F2NOS+. The van der Waals surface area contributed by atoms with Crippen molar-refractivity contribution in [3.63, 3.8) is 0 Å². The molecule has 0 atom stereocenters. The molecule has 0 spiro atoms. The van der Waals surface area contributed by atoms with Gasteiger partial charge in [0.15, 0.2) is 20.1 Å². The average molecular weight is 443 g/mol. The number of hydrogen-bond donors (Lipinski definition) is 0. The molecule has 1 aromatic heterocycles. The van der Waals surface area contributed by atoms with Gasteiger partial charge in [0, 0.05) is 17.7 Å². The van der Waals surface area contributed by atoms with E-state index in [1.54, 1.807) is 30.5 Å². The van der Waals surface area contributed by atoms with Crippen molar-refractivity contribution in [2.75, 3.05) is 0 Å². The fraction of sp³-hybridized carbons (Fsp3) is 0. The average Bonchev–Trinajstić information content (AvgIpc) is 2.82. The van der Waals surface area contributed by atoms with Crippen LogP contribution in [0.4, 0.5) is 8.78 Å². The zero-order valence-electron chi connectivity index (χ0n) is 17.0. The molecule has 5 heteroatoms. The first kappa shape index (κ1) is 20.2. The quantitative estimate of drug-likeness (QED) is 0.226. The standard InChI is InChI=1S/C27H18F2NOS/c1-2-30-25-6-4-3-5-23(25)27(31)24-17-22(15-16-26(24)30)32(20-11-7-18(28)8-12-20)21-13-9-19(29)10-14-21/h2-17H,1H2/q+1. The van der Waals surface area contributed by atoms with Crippen LogP contribution in [-0.2, 0) is 10.9 Å². The monoisotopic (exact) mass is 442 g/mol. The third-order valence-electron chi connectivity index (χ3n) is 5.40. The first-order valence-electron chi connectivity index (χ1n) is 10.0. The van der Waals surface area contributed by atoms with E-state index < -0.39 is 10.9 Å². The molecule has 32 heavy (non-hydrogen) atoms. The highest BCUT2D eigenvalue weighted by Gasteiger charge is 2.29. The van der Waals surface area contributed by atoms with Crippen LogP contribution in [-0.4, -0.2) is 4.57 Å². The number of aromatic nitrogens is 1. The van der Waals surface area contributed by atoms with Gasteiger partial charge in [-0.15, -0.1) is 0 Å². The van der Waals surface area contributed by atoms with E-state index in [2.05, 4.69) is 6.58 Å². The molecule has 0 amide bonds. The van der Waals surface area contributed by atoms with Crippen molar-refractivity contribution in [3.05, 3.63) is 119 Å². The highest BCUT2D eigenvalue weighted by molar-refractivity contribution is 7.97. The summed E-state index contributed by atoms with van der Waals surface area (Å²) in [5.74, 6) is -0.648. The lowest BCUT2D eigenvalue weighted by Gasteiger charge is -2.13. The Morgan fingerprint density at radius 1 is 0.688 bits per heavy atom. The molecule has 5 rings (SSSR count). The largest absolute Gasteiger partial charge is 0.316 e. The van der Waals surface area contributed by atoms with Crippen molar-refractivity contribution in [2.24, 2.45) is 0 Å². The summed E-state index contributed by atoms with van der Waals surface area (Å²) in [4.78, 5) is 16.0. The summed E-state index contributed by atoms with van der Waals surface area (Å²) in [5.41, 5.74) is 1.50. The van der Waals surface area contributed by atoms with Gasteiger partial charge in [0.25, 0.3) is 0 Å². The summed E-state index contributed by atoms with van der Waals surface area (Å²) in [6, 6.07) is 25.8.